The average Bonchev–Trinajstić information content (AvgIpc) is 2.86. The lowest BCUT2D eigenvalue weighted by Crippen LogP contribution is -2.30. The number of rotatable bonds is 9. The Morgan fingerprint density at radius 2 is 1.65 bits per heavy atom. The highest BCUT2D eigenvalue weighted by molar-refractivity contribution is 7.92. The van der Waals surface area contributed by atoms with Gasteiger partial charge in [-0.05, 0) is 37.3 Å². The number of anilines is 2. The molecule has 1 atom stereocenters. The van der Waals surface area contributed by atoms with Gasteiger partial charge in [0.1, 0.15) is 11.4 Å². The molecule has 0 spiro atoms. The molecule has 0 aliphatic heterocycles. The van der Waals surface area contributed by atoms with E-state index in [9.17, 15) is 22.4 Å². The van der Waals surface area contributed by atoms with Gasteiger partial charge in [0.05, 0.1) is 40.5 Å². The number of benzene rings is 3. The van der Waals surface area contributed by atoms with Crippen molar-refractivity contribution >= 4 is 56.5 Å². The number of hydrogen-bond acceptors (Lipinski definition) is 7. The third kappa shape index (κ3) is 6.43. The minimum Gasteiger partial charge on any atom is -0.493 e. The van der Waals surface area contributed by atoms with E-state index in [0.717, 1.165) is 18.2 Å². The molecule has 3 rings (SSSR count). The van der Waals surface area contributed by atoms with Crippen molar-refractivity contribution in [2.45, 2.75) is 17.9 Å². The molecular weight excluding hydrogens is 550 g/mol. The standard InChI is InChI=1S/C24H21Cl2FN2O7S/c1-13(23(30)28-19-10-6-7-16(25)21(19)26)36-24(31)15-11-14(12-20(34-2)22(15)35-3)37(32,33)29-18-9-5-4-8-17(18)27/h4-13,29H,1-3H3,(H,28,30)/t13-/m1/s1. The molecule has 37 heavy (non-hydrogen) atoms. The van der Waals surface area contributed by atoms with Crippen LogP contribution >= 0.6 is 23.2 Å². The lowest BCUT2D eigenvalue weighted by molar-refractivity contribution is -0.123. The predicted molar refractivity (Wildman–Crippen MR) is 137 cm³/mol. The molecule has 9 nitrogen and oxygen atoms in total. The van der Waals surface area contributed by atoms with Crippen LogP contribution in [0.2, 0.25) is 10.0 Å². The van der Waals surface area contributed by atoms with E-state index in [1.807, 2.05) is 0 Å². The van der Waals surface area contributed by atoms with Gasteiger partial charge in [0.25, 0.3) is 15.9 Å². The molecule has 0 bridgehead atoms. The van der Waals surface area contributed by atoms with Crippen molar-refractivity contribution in [3.8, 4) is 11.5 Å². The molecule has 0 saturated carbocycles. The number of ether oxygens (including phenoxy) is 3. The molecule has 0 radical (unpaired) electrons. The van der Waals surface area contributed by atoms with Gasteiger partial charge in [-0.1, -0.05) is 41.4 Å². The quantitative estimate of drug-likeness (QED) is 0.342. The van der Waals surface area contributed by atoms with Gasteiger partial charge in [-0.2, -0.15) is 0 Å². The largest absolute Gasteiger partial charge is 0.493 e. The summed E-state index contributed by atoms with van der Waals surface area (Å²) in [6.07, 6.45) is -1.34. The molecule has 0 heterocycles. The van der Waals surface area contributed by atoms with Crippen molar-refractivity contribution < 1.29 is 36.6 Å². The van der Waals surface area contributed by atoms with Crippen LogP contribution in [0, 0.1) is 5.82 Å². The monoisotopic (exact) mass is 570 g/mol. The van der Waals surface area contributed by atoms with E-state index < -0.39 is 38.7 Å². The SMILES string of the molecule is COc1cc(S(=O)(=O)Nc2ccccc2F)cc(C(=O)O[C@H](C)C(=O)Nc2cccc(Cl)c2Cl)c1OC. The van der Waals surface area contributed by atoms with Gasteiger partial charge >= 0.3 is 5.97 Å². The van der Waals surface area contributed by atoms with Gasteiger partial charge in [-0.15, -0.1) is 0 Å². The lowest BCUT2D eigenvalue weighted by Gasteiger charge is -2.18. The Morgan fingerprint density at radius 1 is 0.973 bits per heavy atom. The number of amides is 1. The van der Waals surface area contributed by atoms with Gasteiger partial charge in [-0.25, -0.2) is 17.6 Å². The Bertz CT molecular complexity index is 1450. The third-order valence-electron chi connectivity index (χ3n) is 4.96. The molecular formula is C24H21Cl2FN2O7S. The first kappa shape index (κ1) is 28.0. The van der Waals surface area contributed by atoms with E-state index in [2.05, 4.69) is 10.0 Å². The van der Waals surface area contributed by atoms with Crippen LogP contribution < -0.4 is 19.5 Å². The second kappa shape index (κ2) is 11.7. The van der Waals surface area contributed by atoms with Crippen molar-refractivity contribution in [2.24, 2.45) is 0 Å². The first-order chi connectivity index (χ1) is 17.5. The molecule has 1 amide bonds. The summed E-state index contributed by atoms with van der Waals surface area (Å²) < 4.78 is 57.8. The summed E-state index contributed by atoms with van der Waals surface area (Å²) in [5.41, 5.74) is -0.448. The Hall–Kier alpha value is -3.54. The topological polar surface area (TPSA) is 120 Å². The van der Waals surface area contributed by atoms with E-state index in [-0.39, 0.29) is 38.5 Å². The van der Waals surface area contributed by atoms with E-state index in [4.69, 9.17) is 37.4 Å². The highest BCUT2D eigenvalue weighted by Crippen LogP contribution is 2.36. The van der Waals surface area contributed by atoms with E-state index in [1.54, 1.807) is 6.07 Å². The zero-order chi connectivity index (χ0) is 27.3. The Labute approximate surface area is 222 Å². The summed E-state index contributed by atoms with van der Waals surface area (Å²) in [5.74, 6) is -2.87. The number of halogens is 3. The number of sulfonamides is 1. The van der Waals surface area contributed by atoms with Gasteiger partial charge in [-0.3, -0.25) is 9.52 Å². The molecule has 13 heteroatoms. The van der Waals surface area contributed by atoms with Crippen LogP contribution in [0.3, 0.4) is 0 Å². The van der Waals surface area contributed by atoms with Crippen LogP contribution in [0.1, 0.15) is 17.3 Å². The number of carbonyl (C=O) groups is 2. The van der Waals surface area contributed by atoms with Crippen molar-refractivity contribution in [2.75, 3.05) is 24.3 Å². The van der Waals surface area contributed by atoms with Gasteiger partial charge < -0.3 is 19.5 Å². The van der Waals surface area contributed by atoms with Gasteiger partial charge in [0.2, 0.25) is 0 Å². The van der Waals surface area contributed by atoms with Crippen molar-refractivity contribution in [1.29, 1.82) is 0 Å². The van der Waals surface area contributed by atoms with E-state index in [1.165, 1.54) is 51.5 Å². The summed E-state index contributed by atoms with van der Waals surface area (Å²) in [5, 5.41) is 2.81. The second-order valence-electron chi connectivity index (χ2n) is 7.43. The summed E-state index contributed by atoms with van der Waals surface area (Å²) in [4.78, 5) is 25.2. The highest BCUT2D eigenvalue weighted by atomic mass is 35.5. The summed E-state index contributed by atoms with van der Waals surface area (Å²) in [6, 6.07) is 11.8. The molecule has 0 saturated heterocycles. The number of methoxy groups -OCH3 is 2. The fourth-order valence-corrected chi connectivity index (χ4v) is 4.56. The predicted octanol–water partition coefficient (Wildman–Crippen LogP) is 5.13. The summed E-state index contributed by atoms with van der Waals surface area (Å²) in [7, 11) is -1.92. The van der Waals surface area contributed by atoms with Crippen LogP contribution in [-0.4, -0.2) is 40.6 Å². The molecule has 0 aromatic heterocycles. The van der Waals surface area contributed by atoms with Crippen LogP contribution in [0.25, 0.3) is 0 Å². The fraction of sp³-hybridized carbons (Fsp3) is 0.167. The number of esters is 1. The number of hydrogen-bond donors (Lipinski definition) is 2. The van der Waals surface area contributed by atoms with Crippen LogP contribution in [0.15, 0.2) is 59.5 Å². The normalized spacial score (nSPS) is 11.8. The smallest absolute Gasteiger partial charge is 0.342 e. The zero-order valence-corrected chi connectivity index (χ0v) is 22.0. The van der Waals surface area contributed by atoms with Crippen molar-refractivity contribution in [3.63, 3.8) is 0 Å². The Balaban J connectivity index is 1.90. The lowest BCUT2D eigenvalue weighted by atomic mass is 10.2. The minimum absolute atomic E-state index is 0.0997. The molecule has 3 aromatic rings. The van der Waals surface area contributed by atoms with Gasteiger partial charge in [0.15, 0.2) is 17.6 Å². The number of para-hydroxylation sites is 1. The fourth-order valence-electron chi connectivity index (χ4n) is 3.11. The summed E-state index contributed by atoms with van der Waals surface area (Å²) >= 11 is 12.0. The zero-order valence-electron chi connectivity index (χ0n) is 19.7. The Kier molecular flexibility index (Phi) is 8.85. The van der Waals surface area contributed by atoms with E-state index in [0.29, 0.717) is 0 Å². The first-order valence-electron chi connectivity index (χ1n) is 10.5. The molecule has 0 unspecified atom stereocenters. The minimum atomic E-state index is -4.38. The van der Waals surface area contributed by atoms with E-state index >= 15 is 0 Å². The average molecular weight is 571 g/mol. The molecule has 0 aliphatic rings. The maximum atomic E-state index is 14.0. The van der Waals surface area contributed by atoms with Gasteiger partial charge in [0, 0.05) is 6.07 Å². The van der Waals surface area contributed by atoms with Crippen LogP contribution in [0.5, 0.6) is 11.5 Å². The van der Waals surface area contributed by atoms with Crippen LogP contribution in [0.4, 0.5) is 15.8 Å². The summed E-state index contributed by atoms with van der Waals surface area (Å²) in [6.45, 7) is 1.30. The first-order valence-corrected chi connectivity index (χ1v) is 12.7. The molecule has 0 aliphatic carbocycles. The molecule has 2 N–H and O–H groups in total. The van der Waals surface area contributed by atoms with Crippen molar-refractivity contribution in [3.05, 3.63) is 76.0 Å². The van der Waals surface area contributed by atoms with Crippen molar-refractivity contribution in [1.82, 2.24) is 0 Å². The Morgan fingerprint density at radius 3 is 2.30 bits per heavy atom. The van der Waals surface area contributed by atoms with Crippen LogP contribution in [-0.2, 0) is 19.6 Å². The molecule has 3 aromatic carbocycles. The highest BCUT2D eigenvalue weighted by Gasteiger charge is 2.28. The maximum absolute atomic E-state index is 14.0. The maximum Gasteiger partial charge on any atom is 0.342 e. The number of carbonyl (C=O) groups excluding carboxylic acids is 2. The molecule has 0 fully saturated rings. The third-order valence-corrected chi connectivity index (χ3v) is 7.13. The second-order valence-corrected chi connectivity index (χ2v) is 9.90. The molecule has 196 valence electrons. The number of nitrogens with one attached hydrogen (secondary N) is 2.